The molecule has 0 saturated heterocycles. The van der Waals surface area contributed by atoms with Crippen LogP contribution in [0.25, 0.3) is 33.4 Å². The number of benzene rings is 3. The van der Waals surface area contributed by atoms with Gasteiger partial charge in [-0.1, -0.05) is 6.07 Å². The summed E-state index contributed by atoms with van der Waals surface area (Å²) in [5.74, 6) is -3.02. The molecule has 0 bridgehead atoms. The van der Waals surface area contributed by atoms with E-state index in [0.717, 1.165) is 23.9 Å². The largest absolute Gasteiger partial charge is 0.508 e. The van der Waals surface area contributed by atoms with Crippen molar-refractivity contribution < 1.29 is 44.1 Å². The summed E-state index contributed by atoms with van der Waals surface area (Å²) in [6.45, 7) is 0. The molecule has 1 aliphatic heterocycles. The molecule has 0 spiro atoms. The summed E-state index contributed by atoms with van der Waals surface area (Å²) < 4.78 is 6.40. The second-order valence-electron chi connectivity index (χ2n) is 9.04. The predicted octanol–water partition coefficient (Wildman–Crippen LogP) is 3.90. The Labute approximate surface area is 240 Å². The van der Waals surface area contributed by atoms with Crippen molar-refractivity contribution in [2.75, 3.05) is 16.8 Å². The van der Waals surface area contributed by atoms with E-state index in [9.17, 15) is 39.6 Å². The lowest BCUT2D eigenvalue weighted by molar-refractivity contribution is -0.144. The van der Waals surface area contributed by atoms with Crippen molar-refractivity contribution in [1.82, 2.24) is 4.73 Å². The van der Waals surface area contributed by atoms with Gasteiger partial charge >= 0.3 is 11.9 Å². The molecule has 12 nitrogen and oxygen atoms in total. The Morgan fingerprint density at radius 2 is 1.64 bits per heavy atom. The number of anilines is 1. The van der Waals surface area contributed by atoms with Gasteiger partial charge in [0.05, 0.1) is 17.7 Å². The zero-order valence-electron chi connectivity index (χ0n) is 21.6. The molecule has 2 aliphatic rings. The number of nitrogens with zero attached hydrogens (tertiary/aromatic N) is 1. The molecule has 0 fully saturated rings. The smallest absolute Gasteiger partial charge is 0.336 e. The molecule has 42 heavy (non-hydrogen) atoms. The number of hydrogen-bond acceptors (Lipinski definition) is 10. The van der Waals surface area contributed by atoms with E-state index in [0.29, 0.717) is 26.8 Å². The van der Waals surface area contributed by atoms with E-state index < -0.39 is 29.6 Å². The van der Waals surface area contributed by atoms with Crippen LogP contribution < -0.4 is 15.6 Å². The molecule has 0 radical (unpaired) electrons. The number of aromatic carboxylic acids is 1. The van der Waals surface area contributed by atoms with Gasteiger partial charge < -0.3 is 35.0 Å². The number of aromatic nitrogens is 1. The minimum absolute atomic E-state index is 0.0477. The first-order valence-corrected chi connectivity index (χ1v) is 13.5. The third kappa shape index (κ3) is 5.86. The number of phenols is 1. The monoisotopic (exact) mass is 590 g/mol. The van der Waals surface area contributed by atoms with Gasteiger partial charge in [-0.3, -0.25) is 9.59 Å². The van der Waals surface area contributed by atoms with Crippen LogP contribution in [0.15, 0.2) is 75.9 Å². The van der Waals surface area contributed by atoms with Crippen molar-refractivity contribution in [3.63, 3.8) is 0 Å². The molecule has 1 aliphatic carbocycles. The van der Waals surface area contributed by atoms with E-state index in [1.165, 1.54) is 30.3 Å². The minimum atomic E-state index is -1.25. The number of aromatic hydroxyl groups is 3. The van der Waals surface area contributed by atoms with Gasteiger partial charge in [-0.25, -0.2) is 9.59 Å². The zero-order valence-corrected chi connectivity index (χ0v) is 22.4. The van der Waals surface area contributed by atoms with Crippen molar-refractivity contribution in [1.29, 1.82) is 0 Å². The van der Waals surface area contributed by atoms with Gasteiger partial charge in [0.1, 0.15) is 17.1 Å². The average molecular weight is 591 g/mol. The Bertz CT molecular complexity index is 1860. The highest BCUT2D eigenvalue weighted by Crippen LogP contribution is 2.42. The van der Waals surface area contributed by atoms with Gasteiger partial charge in [0.15, 0.2) is 5.43 Å². The molecule has 3 aromatic rings. The summed E-state index contributed by atoms with van der Waals surface area (Å²) >= 11 is 1.13. The highest BCUT2D eigenvalue weighted by Gasteiger charge is 2.22. The number of fused-ring (bicyclic) bond motifs is 2. The molecular weight excluding hydrogens is 568 g/mol. The Kier molecular flexibility index (Phi) is 7.76. The summed E-state index contributed by atoms with van der Waals surface area (Å²) in [6.07, 6.45) is -0.107. The maximum atomic E-state index is 12.5. The number of carbonyl (C=O) groups excluding carboxylic acids is 2. The van der Waals surface area contributed by atoms with Gasteiger partial charge in [0.2, 0.25) is 17.7 Å². The molecule has 2 heterocycles. The molecule has 0 unspecified atom stereocenters. The normalized spacial score (nSPS) is 11.0. The Hall–Kier alpha value is -5.43. The van der Waals surface area contributed by atoms with Crippen LogP contribution in [0.5, 0.6) is 17.5 Å². The third-order valence-corrected chi connectivity index (χ3v) is 7.11. The van der Waals surface area contributed by atoms with Gasteiger partial charge in [0.25, 0.3) is 0 Å². The maximum absolute atomic E-state index is 12.5. The van der Waals surface area contributed by atoms with Crippen molar-refractivity contribution in [2.24, 2.45) is 0 Å². The fourth-order valence-electron chi connectivity index (χ4n) is 4.33. The molecule has 5 N–H and O–H groups in total. The van der Waals surface area contributed by atoms with E-state index in [1.54, 1.807) is 24.3 Å². The molecule has 1 amide bonds. The number of nitrogens with one attached hydrogen (secondary N) is 1. The van der Waals surface area contributed by atoms with Gasteiger partial charge in [-0.15, -0.1) is 4.73 Å². The molecule has 13 heteroatoms. The van der Waals surface area contributed by atoms with E-state index in [4.69, 9.17) is 9.25 Å². The maximum Gasteiger partial charge on any atom is 0.336 e. The Morgan fingerprint density at radius 1 is 0.905 bits per heavy atom. The van der Waals surface area contributed by atoms with Crippen LogP contribution in [-0.4, -0.2) is 54.5 Å². The molecule has 2 aromatic carbocycles. The van der Waals surface area contributed by atoms with Gasteiger partial charge in [-0.05, 0) is 42.0 Å². The first-order valence-electron chi connectivity index (χ1n) is 12.4. The Morgan fingerprint density at radius 3 is 2.38 bits per heavy atom. The lowest BCUT2D eigenvalue weighted by atomic mass is 9.90. The fraction of sp³-hybridized carbons (Fsp3) is 0.103. The van der Waals surface area contributed by atoms with Crippen LogP contribution >= 0.6 is 11.8 Å². The second-order valence-corrected chi connectivity index (χ2v) is 10.1. The highest BCUT2D eigenvalue weighted by atomic mass is 32.2. The molecular formula is C29H22N2O10S. The van der Waals surface area contributed by atoms with Crippen LogP contribution in [0.1, 0.15) is 16.8 Å². The molecule has 1 aromatic heterocycles. The van der Waals surface area contributed by atoms with Crippen molar-refractivity contribution in [3.8, 4) is 40.0 Å². The summed E-state index contributed by atoms with van der Waals surface area (Å²) in [7, 11) is 0. The predicted molar refractivity (Wildman–Crippen MR) is 153 cm³/mol. The number of hydrogen-bond donors (Lipinski definition) is 5. The summed E-state index contributed by atoms with van der Waals surface area (Å²) in [6, 6.07) is 15.3. The SMILES string of the molecule is O=C(CSCCC(=O)On1c(O)ccc1O)Nc1ccc(-c2c3ccc(=O)cc-3oc3cc(O)ccc23)c(C(=O)O)c1. The van der Waals surface area contributed by atoms with Crippen molar-refractivity contribution in [3.05, 3.63) is 82.5 Å². The quantitative estimate of drug-likeness (QED) is 0.124. The standard InChI is InChI=1S/C29H22N2O10S/c32-16-2-5-19-22(12-16)40-23-13-17(33)3-6-20(23)28(19)18-4-1-15(11-21(18)29(38)39)30-24(34)14-42-10-9-27(37)41-31-25(35)7-8-26(31)36/h1-8,11-13,32,35-36H,9-10,14H2,(H,30,34)(H,38,39). The average Bonchev–Trinajstić information content (AvgIpc) is 3.26. The first kappa shape index (κ1) is 28.1. The van der Waals surface area contributed by atoms with Crippen molar-refractivity contribution >= 4 is 46.3 Å². The van der Waals surface area contributed by atoms with Crippen LogP contribution in [0.2, 0.25) is 0 Å². The lowest BCUT2D eigenvalue weighted by Gasteiger charge is -2.17. The molecule has 0 atom stereocenters. The van der Waals surface area contributed by atoms with Crippen molar-refractivity contribution in [2.45, 2.75) is 6.42 Å². The fourth-order valence-corrected chi connectivity index (χ4v) is 5.04. The number of phenolic OH excluding ortho intramolecular Hbond substituents is 1. The van der Waals surface area contributed by atoms with Crippen LogP contribution in [0, 0.1) is 0 Å². The number of amides is 1. The van der Waals surface area contributed by atoms with Crippen LogP contribution in [0.4, 0.5) is 5.69 Å². The summed E-state index contributed by atoms with van der Waals surface area (Å²) in [5, 5.41) is 42.2. The number of carbonyl (C=O) groups is 3. The zero-order chi connectivity index (χ0) is 30.0. The van der Waals surface area contributed by atoms with Gasteiger partial charge in [-0.2, -0.15) is 11.8 Å². The van der Waals surface area contributed by atoms with Crippen LogP contribution in [0.3, 0.4) is 0 Å². The lowest BCUT2D eigenvalue weighted by Crippen LogP contribution is -2.20. The number of carboxylic acids is 1. The van der Waals surface area contributed by atoms with Gasteiger partial charge in [0, 0.05) is 52.2 Å². The first-order chi connectivity index (χ1) is 20.1. The topological polar surface area (TPSA) is 189 Å². The molecule has 214 valence electrons. The minimum Gasteiger partial charge on any atom is -0.508 e. The second kappa shape index (κ2) is 11.6. The summed E-state index contributed by atoms with van der Waals surface area (Å²) in [5.41, 5.74) is 1.33. The summed E-state index contributed by atoms with van der Waals surface area (Å²) in [4.78, 5) is 53.6. The van der Waals surface area contributed by atoms with E-state index in [-0.39, 0.29) is 51.7 Å². The third-order valence-electron chi connectivity index (χ3n) is 6.15. The molecule has 0 saturated carbocycles. The Balaban J connectivity index is 1.32. The molecule has 5 rings (SSSR count). The van der Waals surface area contributed by atoms with E-state index >= 15 is 0 Å². The highest BCUT2D eigenvalue weighted by molar-refractivity contribution is 7.99. The number of carboxylic acid groups (broad SMARTS) is 1. The number of rotatable bonds is 9. The van der Waals surface area contributed by atoms with E-state index in [1.807, 2.05) is 0 Å². The van der Waals surface area contributed by atoms with E-state index in [2.05, 4.69) is 5.32 Å². The van der Waals surface area contributed by atoms with Crippen LogP contribution in [-0.2, 0) is 9.59 Å². The number of thioether (sulfide) groups is 1.